The molecule has 0 heterocycles. The molecule has 0 saturated heterocycles. The van der Waals surface area contributed by atoms with Gasteiger partial charge in [-0.1, -0.05) is 0 Å². The van der Waals surface area contributed by atoms with Crippen LogP contribution in [0.1, 0.15) is 11.6 Å². The molecule has 0 aromatic heterocycles. The summed E-state index contributed by atoms with van der Waals surface area (Å²) in [6.07, 6.45) is 0. The molecule has 78 valence electrons. The molecule has 0 fully saturated rings. The number of benzene rings is 1. The van der Waals surface area contributed by atoms with Crippen LogP contribution in [-0.4, -0.2) is 13.8 Å². The SMILES string of the molecule is COc1c(F)cc(C(N)CF)cc1F. The summed E-state index contributed by atoms with van der Waals surface area (Å²) in [7, 11) is 1.15. The van der Waals surface area contributed by atoms with Crippen LogP contribution >= 0.6 is 0 Å². The van der Waals surface area contributed by atoms with E-state index in [0.717, 1.165) is 19.2 Å². The summed E-state index contributed by atoms with van der Waals surface area (Å²) in [5.74, 6) is -2.25. The van der Waals surface area contributed by atoms with Gasteiger partial charge in [0.2, 0.25) is 0 Å². The van der Waals surface area contributed by atoms with Crippen LogP contribution in [0.5, 0.6) is 5.75 Å². The van der Waals surface area contributed by atoms with E-state index in [4.69, 9.17) is 5.73 Å². The number of ether oxygens (including phenoxy) is 1. The van der Waals surface area contributed by atoms with Crippen molar-refractivity contribution in [2.24, 2.45) is 5.73 Å². The Labute approximate surface area is 79.5 Å². The Morgan fingerprint density at radius 1 is 1.36 bits per heavy atom. The molecular weight excluding hydrogens is 195 g/mol. The molecule has 5 heteroatoms. The molecule has 2 nitrogen and oxygen atoms in total. The van der Waals surface area contributed by atoms with Gasteiger partial charge in [0.05, 0.1) is 13.2 Å². The standard InChI is InChI=1S/C9H10F3NO/c1-14-9-6(11)2-5(3-7(9)12)8(13)4-10/h2-3,8H,4,13H2,1H3. The van der Waals surface area contributed by atoms with Gasteiger partial charge in [0.15, 0.2) is 17.4 Å². The fraction of sp³-hybridized carbons (Fsp3) is 0.333. The maximum Gasteiger partial charge on any atom is 0.190 e. The first kappa shape index (κ1) is 10.8. The van der Waals surface area contributed by atoms with Gasteiger partial charge >= 0.3 is 0 Å². The minimum Gasteiger partial charge on any atom is -0.491 e. The number of hydrogen-bond donors (Lipinski definition) is 1. The van der Waals surface area contributed by atoms with E-state index in [1.54, 1.807) is 0 Å². The topological polar surface area (TPSA) is 35.2 Å². The summed E-state index contributed by atoms with van der Waals surface area (Å²) >= 11 is 0. The van der Waals surface area contributed by atoms with Crippen molar-refractivity contribution in [1.82, 2.24) is 0 Å². The third kappa shape index (κ3) is 1.98. The molecule has 1 aromatic rings. The lowest BCUT2D eigenvalue weighted by molar-refractivity contribution is 0.357. The Bertz CT molecular complexity index is 307. The first-order valence-electron chi connectivity index (χ1n) is 3.94. The van der Waals surface area contributed by atoms with Crippen LogP contribution in [0.15, 0.2) is 12.1 Å². The van der Waals surface area contributed by atoms with Crippen molar-refractivity contribution in [1.29, 1.82) is 0 Å². The number of nitrogens with two attached hydrogens (primary N) is 1. The van der Waals surface area contributed by atoms with Gasteiger partial charge in [-0.05, 0) is 17.7 Å². The van der Waals surface area contributed by atoms with Crippen LogP contribution in [0.4, 0.5) is 13.2 Å². The summed E-state index contributed by atoms with van der Waals surface area (Å²) < 4.78 is 42.7. The highest BCUT2D eigenvalue weighted by Crippen LogP contribution is 2.25. The fourth-order valence-corrected chi connectivity index (χ4v) is 1.08. The highest BCUT2D eigenvalue weighted by Gasteiger charge is 2.14. The van der Waals surface area contributed by atoms with Crippen molar-refractivity contribution < 1.29 is 17.9 Å². The van der Waals surface area contributed by atoms with Crippen molar-refractivity contribution >= 4 is 0 Å². The minimum atomic E-state index is -1.01. The van der Waals surface area contributed by atoms with Gasteiger partial charge in [-0.15, -0.1) is 0 Å². The number of alkyl halides is 1. The lowest BCUT2D eigenvalue weighted by atomic mass is 10.1. The highest BCUT2D eigenvalue weighted by molar-refractivity contribution is 5.32. The monoisotopic (exact) mass is 205 g/mol. The van der Waals surface area contributed by atoms with Crippen LogP contribution in [0, 0.1) is 11.6 Å². The maximum atomic E-state index is 13.1. The average molecular weight is 205 g/mol. The molecule has 1 atom stereocenters. The molecule has 2 N–H and O–H groups in total. The van der Waals surface area contributed by atoms with Crippen LogP contribution in [0.25, 0.3) is 0 Å². The number of rotatable bonds is 3. The predicted molar refractivity (Wildman–Crippen MR) is 45.8 cm³/mol. The van der Waals surface area contributed by atoms with Gasteiger partial charge in [-0.2, -0.15) is 0 Å². The largest absolute Gasteiger partial charge is 0.491 e. The summed E-state index contributed by atoms with van der Waals surface area (Å²) in [4.78, 5) is 0. The summed E-state index contributed by atoms with van der Waals surface area (Å²) in [6.45, 7) is -0.870. The van der Waals surface area contributed by atoms with E-state index in [1.807, 2.05) is 0 Å². The first-order chi connectivity index (χ1) is 6.60. The molecule has 0 amide bonds. The number of methoxy groups -OCH3 is 1. The average Bonchev–Trinajstić information content (AvgIpc) is 2.16. The van der Waals surface area contributed by atoms with Crippen LogP contribution < -0.4 is 10.5 Å². The Balaban J connectivity index is 3.13. The van der Waals surface area contributed by atoms with Gasteiger partial charge in [-0.25, -0.2) is 13.2 Å². The number of hydrogen-bond acceptors (Lipinski definition) is 2. The lowest BCUT2D eigenvalue weighted by Crippen LogP contribution is -2.13. The first-order valence-corrected chi connectivity index (χ1v) is 3.94. The van der Waals surface area contributed by atoms with E-state index in [-0.39, 0.29) is 5.56 Å². The van der Waals surface area contributed by atoms with E-state index in [2.05, 4.69) is 4.74 Å². The Kier molecular flexibility index (Phi) is 3.35. The van der Waals surface area contributed by atoms with E-state index in [1.165, 1.54) is 0 Å². The van der Waals surface area contributed by atoms with Gasteiger partial charge in [0.1, 0.15) is 6.67 Å². The van der Waals surface area contributed by atoms with E-state index >= 15 is 0 Å². The zero-order valence-corrected chi connectivity index (χ0v) is 7.56. The van der Waals surface area contributed by atoms with Crippen molar-refractivity contribution in [3.05, 3.63) is 29.3 Å². The Hall–Kier alpha value is -1.23. The highest BCUT2D eigenvalue weighted by atomic mass is 19.1. The second-order valence-electron chi connectivity index (χ2n) is 2.78. The Morgan fingerprint density at radius 2 is 1.86 bits per heavy atom. The van der Waals surface area contributed by atoms with Crippen molar-refractivity contribution in [3.8, 4) is 5.75 Å². The molecule has 0 spiro atoms. The van der Waals surface area contributed by atoms with E-state index in [9.17, 15) is 13.2 Å². The third-order valence-electron chi connectivity index (χ3n) is 1.82. The predicted octanol–water partition coefficient (Wildman–Crippen LogP) is 1.94. The van der Waals surface area contributed by atoms with Gasteiger partial charge in [-0.3, -0.25) is 0 Å². The molecular formula is C9H10F3NO. The van der Waals surface area contributed by atoms with Gasteiger partial charge in [0.25, 0.3) is 0 Å². The molecule has 0 bridgehead atoms. The molecule has 1 unspecified atom stereocenters. The van der Waals surface area contributed by atoms with E-state index < -0.39 is 30.1 Å². The van der Waals surface area contributed by atoms with Crippen LogP contribution in [-0.2, 0) is 0 Å². The summed E-state index contributed by atoms with van der Waals surface area (Å²) in [5.41, 5.74) is 5.35. The molecule has 1 rings (SSSR count). The normalized spacial score (nSPS) is 12.6. The molecule has 14 heavy (non-hydrogen) atoms. The van der Waals surface area contributed by atoms with Crippen LogP contribution in [0.2, 0.25) is 0 Å². The zero-order chi connectivity index (χ0) is 10.7. The lowest BCUT2D eigenvalue weighted by Gasteiger charge is -2.10. The molecule has 0 aliphatic rings. The molecule has 0 aliphatic heterocycles. The second-order valence-corrected chi connectivity index (χ2v) is 2.78. The minimum absolute atomic E-state index is 0.0725. The van der Waals surface area contributed by atoms with Crippen molar-refractivity contribution in [3.63, 3.8) is 0 Å². The Morgan fingerprint density at radius 3 is 2.21 bits per heavy atom. The summed E-state index contributed by atoms with van der Waals surface area (Å²) in [6, 6.07) is 0.920. The van der Waals surface area contributed by atoms with Crippen molar-refractivity contribution in [2.45, 2.75) is 6.04 Å². The van der Waals surface area contributed by atoms with Gasteiger partial charge < -0.3 is 10.5 Å². The van der Waals surface area contributed by atoms with Crippen LogP contribution in [0.3, 0.4) is 0 Å². The van der Waals surface area contributed by atoms with Crippen molar-refractivity contribution in [2.75, 3.05) is 13.8 Å². The van der Waals surface area contributed by atoms with E-state index in [0.29, 0.717) is 0 Å². The zero-order valence-electron chi connectivity index (χ0n) is 7.56. The second kappa shape index (κ2) is 4.32. The quantitative estimate of drug-likeness (QED) is 0.818. The fourth-order valence-electron chi connectivity index (χ4n) is 1.08. The number of halogens is 3. The molecule has 1 aromatic carbocycles. The molecule has 0 radical (unpaired) electrons. The summed E-state index contributed by atoms with van der Waals surface area (Å²) in [5, 5.41) is 0. The third-order valence-corrected chi connectivity index (χ3v) is 1.82. The van der Waals surface area contributed by atoms with Gasteiger partial charge in [0, 0.05) is 0 Å². The smallest absolute Gasteiger partial charge is 0.190 e. The maximum absolute atomic E-state index is 13.1. The molecule has 0 aliphatic carbocycles. The molecule has 0 saturated carbocycles.